The second-order valence-electron chi connectivity index (χ2n) is 2.75. The quantitative estimate of drug-likeness (QED) is 0.486. The van der Waals surface area contributed by atoms with Gasteiger partial charge in [0.25, 0.3) is 0 Å². The molecule has 1 aromatic carbocycles. The molecule has 0 fully saturated rings. The first kappa shape index (κ1) is 13.0. The van der Waals surface area contributed by atoms with Crippen molar-refractivity contribution < 1.29 is 27.1 Å². The van der Waals surface area contributed by atoms with Gasteiger partial charge >= 0.3 is 6.36 Å². The molecule has 1 aromatic rings. The minimum Gasteiger partial charge on any atom is -0.403 e. The molecule has 0 unspecified atom stereocenters. The summed E-state index contributed by atoms with van der Waals surface area (Å²) in [5.74, 6) is -2.62. The summed E-state index contributed by atoms with van der Waals surface area (Å²) in [6, 6.07) is 2.52. The normalized spacial score (nSPS) is 11.3. The van der Waals surface area contributed by atoms with E-state index >= 15 is 0 Å². The molecule has 2 nitrogen and oxygen atoms in total. The number of ether oxygens (including phenoxy) is 1. The minimum absolute atomic E-state index is 0.0242. The summed E-state index contributed by atoms with van der Waals surface area (Å²) < 4.78 is 51.8. The van der Waals surface area contributed by atoms with Gasteiger partial charge in [0.1, 0.15) is 0 Å². The first-order chi connectivity index (χ1) is 7.33. The van der Waals surface area contributed by atoms with Crippen molar-refractivity contribution in [3.63, 3.8) is 0 Å². The number of ketones is 1. The first-order valence-electron chi connectivity index (χ1n) is 3.98. The Morgan fingerprint density at radius 3 is 2.44 bits per heavy atom. The van der Waals surface area contributed by atoms with Gasteiger partial charge in [-0.15, -0.1) is 13.2 Å². The zero-order valence-electron chi connectivity index (χ0n) is 7.65. The van der Waals surface area contributed by atoms with Crippen molar-refractivity contribution in [2.24, 2.45) is 0 Å². The van der Waals surface area contributed by atoms with E-state index in [1.165, 1.54) is 0 Å². The Hall–Kier alpha value is -1.11. The number of carbonyl (C=O) groups excluding carboxylic acids is 1. The van der Waals surface area contributed by atoms with Gasteiger partial charge < -0.3 is 4.74 Å². The Balaban J connectivity index is 2.96. The first-order valence-corrected chi connectivity index (χ1v) is 5.10. The molecular formula is C9H5BrF4O2. The number of hydrogen-bond donors (Lipinski definition) is 0. The largest absolute Gasteiger partial charge is 0.573 e. The second-order valence-corrected chi connectivity index (χ2v) is 3.31. The minimum atomic E-state index is -4.96. The Bertz CT molecular complexity index is 403. The fourth-order valence-electron chi connectivity index (χ4n) is 0.959. The molecule has 1 rings (SSSR count). The van der Waals surface area contributed by atoms with Crippen molar-refractivity contribution in [3.05, 3.63) is 29.6 Å². The molecule has 16 heavy (non-hydrogen) atoms. The topological polar surface area (TPSA) is 26.3 Å². The number of rotatable bonds is 3. The Morgan fingerprint density at radius 1 is 1.38 bits per heavy atom. The van der Waals surface area contributed by atoms with E-state index in [0.29, 0.717) is 6.07 Å². The average molecular weight is 301 g/mol. The number of halogens is 5. The molecule has 0 aliphatic heterocycles. The summed E-state index contributed by atoms with van der Waals surface area (Å²) in [5, 5.41) is -0.0358. The Kier molecular flexibility index (Phi) is 3.90. The maximum Gasteiger partial charge on any atom is 0.573 e. The van der Waals surface area contributed by atoms with E-state index in [1.807, 2.05) is 0 Å². The van der Waals surface area contributed by atoms with Gasteiger partial charge in [0.2, 0.25) is 0 Å². The summed E-state index contributed by atoms with van der Waals surface area (Å²) in [6.45, 7) is 0. The van der Waals surface area contributed by atoms with Gasteiger partial charge in [-0.1, -0.05) is 15.9 Å². The van der Waals surface area contributed by atoms with Gasteiger partial charge in [-0.3, -0.25) is 4.79 Å². The van der Waals surface area contributed by atoms with Crippen LogP contribution in [0.4, 0.5) is 17.6 Å². The van der Waals surface area contributed by atoms with Gasteiger partial charge in [-0.05, 0) is 18.2 Å². The lowest BCUT2D eigenvalue weighted by Gasteiger charge is -2.09. The highest BCUT2D eigenvalue weighted by atomic mass is 79.9. The van der Waals surface area contributed by atoms with Gasteiger partial charge in [0, 0.05) is 5.56 Å². The molecular weight excluding hydrogens is 296 g/mol. The molecule has 0 N–H and O–H groups in total. The van der Waals surface area contributed by atoms with Crippen LogP contribution in [0.5, 0.6) is 5.75 Å². The van der Waals surface area contributed by atoms with E-state index in [0.717, 1.165) is 12.1 Å². The van der Waals surface area contributed by atoms with Crippen LogP contribution in [0, 0.1) is 5.82 Å². The number of alkyl halides is 4. The van der Waals surface area contributed by atoms with Gasteiger partial charge in [0.05, 0.1) is 5.33 Å². The second kappa shape index (κ2) is 4.82. The zero-order valence-corrected chi connectivity index (χ0v) is 9.23. The molecule has 0 saturated carbocycles. The van der Waals surface area contributed by atoms with Crippen LogP contribution in [-0.4, -0.2) is 17.5 Å². The van der Waals surface area contributed by atoms with Crippen molar-refractivity contribution >= 4 is 21.7 Å². The predicted octanol–water partition coefficient (Wildman–Crippen LogP) is 3.30. The lowest BCUT2D eigenvalue weighted by Crippen LogP contribution is -2.18. The lowest BCUT2D eigenvalue weighted by molar-refractivity contribution is -0.275. The van der Waals surface area contributed by atoms with Gasteiger partial charge in [-0.25, -0.2) is 4.39 Å². The highest BCUT2D eigenvalue weighted by Crippen LogP contribution is 2.26. The summed E-state index contributed by atoms with van der Waals surface area (Å²) >= 11 is 2.86. The van der Waals surface area contributed by atoms with Crippen molar-refractivity contribution in [2.45, 2.75) is 6.36 Å². The number of Topliss-reactive ketones (excluding diaryl/α,β-unsaturated/α-hetero) is 1. The molecule has 0 spiro atoms. The van der Waals surface area contributed by atoms with Crippen LogP contribution in [-0.2, 0) is 0 Å². The summed E-state index contributed by atoms with van der Waals surface area (Å²) in [7, 11) is 0. The third kappa shape index (κ3) is 3.48. The molecule has 0 bridgehead atoms. The van der Waals surface area contributed by atoms with Crippen molar-refractivity contribution in [1.82, 2.24) is 0 Å². The average Bonchev–Trinajstić information content (AvgIpc) is 2.18. The summed E-state index contributed by atoms with van der Waals surface area (Å²) in [6.07, 6.45) is -4.96. The number of benzene rings is 1. The molecule has 0 atom stereocenters. The van der Waals surface area contributed by atoms with Crippen molar-refractivity contribution in [2.75, 3.05) is 5.33 Å². The molecule has 0 heterocycles. The number of carbonyl (C=O) groups is 1. The van der Waals surface area contributed by atoms with E-state index in [2.05, 4.69) is 20.7 Å². The Labute approximate surface area is 96.3 Å². The van der Waals surface area contributed by atoms with E-state index in [4.69, 9.17) is 0 Å². The lowest BCUT2D eigenvalue weighted by atomic mass is 10.1. The van der Waals surface area contributed by atoms with Crippen molar-refractivity contribution in [1.29, 1.82) is 0 Å². The summed E-state index contributed by atoms with van der Waals surface area (Å²) in [4.78, 5) is 11.1. The molecule has 7 heteroatoms. The third-order valence-electron chi connectivity index (χ3n) is 1.60. The van der Waals surface area contributed by atoms with Crippen LogP contribution < -0.4 is 4.74 Å². The van der Waals surface area contributed by atoms with Gasteiger partial charge in [0.15, 0.2) is 17.3 Å². The molecule has 88 valence electrons. The molecule has 0 aliphatic carbocycles. The fraction of sp³-hybridized carbons (Fsp3) is 0.222. The zero-order chi connectivity index (χ0) is 12.3. The van der Waals surface area contributed by atoms with Crippen LogP contribution in [0.2, 0.25) is 0 Å². The van der Waals surface area contributed by atoms with E-state index in [1.54, 1.807) is 0 Å². The maximum absolute atomic E-state index is 13.1. The van der Waals surface area contributed by atoms with Crippen LogP contribution in [0.3, 0.4) is 0 Å². The van der Waals surface area contributed by atoms with Crippen LogP contribution in [0.25, 0.3) is 0 Å². The van der Waals surface area contributed by atoms with E-state index < -0.39 is 23.7 Å². The van der Waals surface area contributed by atoms with Gasteiger partial charge in [-0.2, -0.15) is 0 Å². The number of hydrogen-bond acceptors (Lipinski definition) is 2. The van der Waals surface area contributed by atoms with Crippen molar-refractivity contribution in [3.8, 4) is 5.75 Å². The van der Waals surface area contributed by atoms with Crippen LogP contribution in [0.1, 0.15) is 10.4 Å². The van der Waals surface area contributed by atoms with E-state index in [9.17, 15) is 22.4 Å². The fourth-order valence-corrected chi connectivity index (χ4v) is 1.28. The van der Waals surface area contributed by atoms with Crippen LogP contribution >= 0.6 is 15.9 Å². The maximum atomic E-state index is 13.1. The molecule has 0 aromatic heterocycles. The monoisotopic (exact) mass is 300 g/mol. The highest BCUT2D eigenvalue weighted by molar-refractivity contribution is 9.09. The van der Waals surface area contributed by atoms with Crippen LogP contribution in [0.15, 0.2) is 18.2 Å². The molecule has 0 radical (unpaired) electrons. The van der Waals surface area contributed by atoms with E-state index in [-0.39, 0.29) is 10.9 Å². The SMILES string of the molecule is O=C(CBr)c1ccc(OC(F)(F)F)c(F)c1. The standard InChI is InChI=1S/C9H5BrF4O2/c10-4-7(15)5-1-2-8(6(11)3-5)16-9(12,13)14/h1-3H,4H2. The molecule has 0 saturated heterocycles. The highest BCUT2D eigenvalue weighted by Gasteiger charge is 2.32. The smallest absolute Gasteiger partial charge is 0.403 e. The summed E-state index contributed by atoms with van der Waals surface area (Å²) in [5.41, 5.74) is -0.0242. The molecule has 0 amide bonds. The third-order valence-corrected chi connectivity index (χ3v) is 2.11. The Morgan fingerprint density at radius 2 is 2.00 bits per heavy atom. The molecule has 0 aliphatic rings. The predicted molar refractivity (Wildman–Crippen MR) is 51.2 cm³/mol.